The summed E-state index contributed by atoms with van der Waals surface area (Å²) in [5.74, 6) is 0. The third-order valence-electron chi connectivity index (χ3n) is 1.19. The van der Waals surface area contributed by atoms with Gasteiger partial charge in [0.1, 0.15) is 0 Å². The third-order valence-corrected chi connectivity index (χ3v) is 4.89. The van der Waals surface area contributed by atoms with Crippen LogP contribution in [0.4, 0.5) is 0 Å². The van der Waals surface area contributed by atoms with Crippen LogP contribution in [0.1, 0.15) is 0 Å². The monoisotopic (exact) mass is 408 g/mol. The van der Waals surface area contributed by atoms with Crippen LogP contribution < -0.4 is 0 Å². The molecule has 0 aromatic rings. The van der Waals surface area contributed by atoms with Crippen LogP contribution in [0.2, 0.25) is 0 Å². The van der Waals surface area contributed by atoms with Crippen molar-refractivity contribution in [1.29, 1.82) is 31.6 Å². The summed E-state index contributed by atoms with van der Waals surface area (Å²) in [4.78, 5) is 6.19. The number of hydrogen-bond acceptors (Lipinski definition) is 6. The fourth-order valence-electron chi connectivity index (χ4n) is 0.265. The Hall–Kier alpha value is 1.72. The first kappa shape index (κ1) is 31.2. The van der Waals surface area contributed by atoms with Crippen molar-refractivity contribution in [1.82, 2.24) is 0 Å². The Morgan fingerprint density at radius 3 is 0.588 bits per heavy atom. The minimum atomic E-state index is -6.17. The third kappa shape index (κ3) is 4.35. The first-order chi connectivity index (χ1) is 5.97. The zero-order chi connectivity index (χ0) is 10.7. The zero-order valence-electron chi connectivity index (χ0n) is 6.67. The summed E-state index contributed by atoms with van der Waals surface area (Å²) in [5.41, 5.74) is 0. The van der Waals surface area contributed by atoms with E-state index in [1.807, 2.05) is 0 Å². The molecular weight excluding hydrogens is 408 g/mol. The second-order valence-electron chi connectivity index (χ2n) is 1.80. The minimum Gasteiger partial charge on any atom is 2.00 e. The minimum absolute atomic E-state index is 0. The van der Waals surface area contributed by atoms with Crippen LogP contribution in [0.15, 0.2) is 0 Å². The van der Waals surface area contributed by atoms with E-state index in [0.717, 1.165) is 29.8 Å². The predicted octanol–water partition coefficient (Wildman–Crippen LogP) is -1.20. The van der Waals surface area contributed by atoms with Gasteiger partial charge in [0.2, 0.25) is 0 Å². The van der Waals surface area contributed by atoms with Crippen molar-refractivity contribution in [3.63, 3.8) is 0 Å². The van der Waals surface area contributed by atoms with Gasteiger partial charge in [0.05, 0.1) is 0 Å². The molecule has 0 aliphatic heterocycles. The summed E-state index contributed by atoms with van der Waals surface area (Å²) >= 11 is 0. The van der Waals surface area contributed by atoms with Crippen LogP contribution in [-0.2, 0) is 43.7 Å². The second-order valence-corrected chi connectivity index (χ2v) is 7.42. The average molecular weight is 410 g/mol. The van der Waals surface area contributed by atoms with E-state index in [1.54, 1.807) is 0 Å². The summed E-state index contributed by atoms with van der Waals surface area (Å²) in [5, 5.41) is 51.5. The normalized spacial score (nSPS) is 10.2. The molecule has 0 aliphatic carbocycles. The first-order valence-electron chi connectivity index (χ1n) is 2.40. The number of rotatable bonds is 0. The van der Waals surface area contributed by atoms with E-state index in [1.165, 1.54) is 0 Å². The van der Waals surface area contributed by atoms with Crippen LogP contribution >= 0.6 is 0 Å². The molecular formula is C6H2FeK2N6Ni2. The molecule has 0 atom stereocenters. The summed E-state index contributed by atoms with van der Waals surface area (Å²) < 4.78 is 0. The maximum absolute atomic E-state index is 8.58. The molecule has 0 saturated heterocycles. The molecule has 0 aromatic heterocycles. The van der Waals surface area contributed by atoms with Gasteiger partial charge < -0.3 is 0 Å². The van der Waals surface area contributed by atoms with Crippen LogP contribution in [0.5, 0.6) is 0 Å². The quantitative estimate of drug-likeness (QED) is 0.460. The molecule has 0 saturated carbocycles. The Bertz CT molecular complexity index is 404. The molecule has 0 radical (unpaired) electrons. The van der Waals surface area contributed by atoms with Gasteiger partial charge in [0.15, 0.2) is 0 Å². The number of nitriles is 6. The molecule has 86 valence electrons. The fourth-order valence-corrected chi connectivity index (χ4v) is 1.09. The maximum Gasteiger partial charge on any atom is 2.00 e. The Labute approximate surface area is 203 Å². The summed E-state index contributed by atoms with van der Waals surface area (Å²) in [6.45, 7) is 0. The molecule has 0 bridgehead atoms. The van der Waals surface area contributed by atoms with Crippen molar-refractivity contribution < 1.29 is 43.7 Å². The standard InChI is InChI=1S/6CN.Fe.2K.2Ni.2H/c6*1-2;;;;;;;/q;;;;;;-4;;;2*+2;;. The molecule has 0 aliphatic rings. The Balaban J connectivity index is -0.000000120. The average Bonchev–Trinajstić information content (AvgIpc) is 2.26. The summed E-state index contributed by atoms with van der Waals surface area (Å²) in [6, 6.07) is 0. The Kier molecular flexibility index (Phi) is 17.6. The molecule has 0 N–H and O–H groups in total. The van der Waals surface area contributed by atoms with Crippen LogP contribution in [-0.4, -0.2) is 103 Å². The van der Waals surface area contributed by atoms with Crippen molar-refractivity contribution >= 4 is 103 Å². The molecule has 0 aromatic carbocycles. The van der Waals surface area contributed by atoms with Crippen molar-refractivity contribution in [2.75, 3.05) is 0 Å². The van der Waals surface area contributed by atoms with Crippen molar-refractivity contribution in [2.24, 2.45) is 0 Å². The van der Waals surface area contributed by atoms with E-state index < -0.39 is 10.7 Å². The van der Waals surface area contributed by atoms with Gasteiger partial charge in [0.25, 0.3) is 0 Å². The van der Waals surface area contributed by atoms with Gasteiger partial charge in [-0.2, -0.15) is 0 Å². The molecule has 0 spiro atoms. The van der Waals surface area contributed by atoms with E-state index in [0.29, 0.717) is 0 Å². The van der Waals surface area contributed by atoms with Gasteiger partial charge in [-0.15, -0.1) is 0 Å². The molecule has 0 fully saturated rings. The number of hydrogen-bond donors (Lipinski definition) is 0. The van der Waals surface area contributed by atoms with E-state index >= 15 is 0 Å². The van der Waals surface area contributed by atoms with Crippen molar-refractivity contribution in [3.8, 4) is 29.8 Å². The van der Waals surface area contributed by atoms with E-state index in [2.05, 4.69) is 0 Å². The van der Waals surface area contributed by atoms with E-state index in [4.69, 9.17) is 31.6 Å². The van der Waals surface area contributed by atoms with Crippen LogP contribution in [0, 0.1) is 61.4 Å². The first-order valence-corrected chi connectivity index (χ1v) is 5.71. The van der Waals surface area contributed by atoms with Gasteiger partial charge in [0, 0.05) is 0 Å². The summed E-state index contributed by atoms with van der Waals surface area (Å²) in [6.07, 6.45) is 0. The van der Waals surface area contributed by atoms with Gasteiger partial charge >= 0.3 is 208 Å². The van der Waals surface area contributed by atoms with E-state index in [9.17, 15) is 0 Å². The van der Waals surface area contributed by atoms with Crippen molar-refractivity contribution in [2.45, 2.75) is 0 Å². The Morgan fingerprint density at radius 2 is 0.588 bits per heavy atom. The van der Waals surface area contributed by atoms with Gasteiger partial charge in [-0.05, 0) is 0 Å². The Morgan fingerprint density at radius 1 is 0.471 bits per heavy atom. The maximum atomic E-state index is 8.58. The fraction of sp³-hybridized carbons (Fsp3) is 0. The molecule has 0 heterocycles. The van der Waals surface area contributed by atoms with Crippen LogP contribution in [0.25, 0.3) is 0 Å². The molecule has 0 unspecified atom stereocenters. The topological polar surface area (TPSA) is 143 Å². The number of nitrogens with zero attached hydrogens (tertiary/aromatic N) is 6. The van der Waals surface area contributed by atoms with Gasteiger partial charge in [-0.25, -0.2) is 0 Å². The molecule has 6 nitrogen and oxygen atoms in total. The molecule has 0 rings (SSSR count). The zero-order valence-corrected chi connectivity index (χ0v) is 9.75. The van der Waals surface area contributed by atoms with Crippen LogP contribution in [0.3, 0.4) is 0 Å². The second kappa shape index (κ2) is 9.60. The molecule has 17 heavy (non-hydrogen) atoms. The van der Waals surface area contributed by atoms with Gasteiger partial charge in [-0.1, -0.05) is 0 Å². The largest absolute Gasteiger partial charge is 2.00 e. The molecule has 0 amide bonds. The predicted molar refractivity (Wildman–Crippen MR) is 48.0 cm³/mol. The van der Waals surface area contributed by atoms with Gasteiger partial charge in [-0.3, -0.25) is 0 Å². The van der Waals surface area contributed by atoms with Crippen molar-refractivity contribution in [3.05, 3.63) is 0 Å². The summed E-state index contributed by atoms with van der Waals surface area (Å²) in [7, 11) is -6.17. The smallest absolute Gasteiger partial charge is 2.00 e. The molecule has 11 heteroatoms. The SMILES string of the molecule is N#[C][Fe-4]([C]#N)([C]#N)([C]#N)([C]#N)[C]#N.[KH].[KH].[Ni+2].[Ni+2]. The van der Waals surface area contributed by atoms with E-state index in [-0.39, 0.29) is 136 Å².